The number of aliphatic hydroxyl groups is 1. The molecule has 2 aromatic carbocycles. The summed E-state index contributed by atoms with van der Waals surface area (Å²) in [5.41, 5.74) is 4.28. The zero-order valence-corrected chi connectivity index (χ0v) is 16.6. The largest absolute Gasteiger partial charge is 0.424 e. The van der Waals surface area contributed by atoms with E-state index in [1.807, 2.05) is 25.1 Å². The van der Waals surface area contributed by atoms with E-state index in [1.165, 1.54) is 4.57 Å². The van der Waals surface area contributed by atoms with Crippen LogP contribution in [0.2, 0.25) is 0 Å². The monoisotopic (exact) mass is 403 g/mol. The Kier molecular flexibility index (Phi) is 5.20. The van der Waals surface area contributed by atoms with Crippen molar-refractivity contribution in [2.75, 3.05) is 6.54 Å². The summed E-state index contributed by atoms with van der Waals surface area (Å²) in [5.74, 6) is -0.896. The summed E-state index contributed by atoms with van der Waals surface area (Å²) in [5, 5.41) is 12.2. The van der Waals surface area contributed by atoms with Crippen LogP contribution in [0.5, 0.6) is 0 Å². The zero-order chi connectivity index (χ0) is 21.3. The zero-order valence-electron chi connectivity index (χ0n) is 16.6. The number of oxazole rings is 1. The van der Waals surface area contributed by atoms with E-state index in [9.17, 15) is 14.7 Å². The van der Waals surface area contributed by atoms with E-state index in [0.717, 1.165) is 5.56 Å². The quantitative estimate of drug-likeness (QED) is 0.534. The fraction of sp³-hybridized carbons (Fsp3) is 0.174. The van der Waals surface area contributed by atoms with Crippen molar-refractivity contribution in [3.8, 4) is 16.9 Å². The normalized spacial score (nSPS) is 12.1. The maximum absolute atomic E-state index is 12.7. The molecule has 1 amide bonds. The predicted octanol–water partition coefficient (Wildman–Crippen LogP) is 3.06. The van der Waals surface area contributed by atoms with Crippen molar-refractivity contribution in [3.05, 3.63) is 82.5 Å². The van der Waals surface area contributed by atoms with Gasteiger partial charge in [0.1, 0.15) is 0 Å². The van der Waals surface area contributed by atoms with E-state index in [1.54, 1.807) is 49.5 Å². The van der Waals surface area contributed by atoms with Crippen LogP contribution in [0.3, 0.4) is 0 Å². The van der Waals surface area contributed by atoms with E-state index in [-0.39, 0.29) is 12.5 Å². The Morgan fingerprint density at radius 2 is 2.00 bits per heavy atom. The minimum Gasteiger partial charge on any atom is -0.407 e. The van der Waals surface area contributed by atoms with Crippen molar-refractivity contribution in [2.45, 2.75) is 20.0 Å². The maximum Gasteiger partial charge on any atom is 0.424 e. The van der Waals surface area contributed by atoms with Gasteiger partial charge in [-0.1, -0.05) is 18.2 Å². The Morgan fingerprint density at radius 1 is 1.20 bits per heavy atom. The molecule has 1 atom stereocenters. The second-order valence-electron chi connectivity index (χ2n) is 7.22. The molecule has 0 saturated carbocycles. The molecule has 2 aromatic heterocycles. The highest BCUT2D eigenvalue weighted by atomic mass is 16.4. The van der Waals surface area contributed by atoms with Crippen molar-refractivity contribution in [1.29, 1.82) is 0 Å². The maximum atomic E-state index is 12.7. The highest BCUT2D eigenvalue weighted by Gasteiger charge is 2.16. The number of carbonyl (C=O) groups excluding carboxylic acids is 1. The molecule has 0 aliphatic heterocycles. The molecule has 4 aromatic rings. The molecule has 0 aliphatic rings. The molecule has 0 spiro atoms. The molecule has 0 radical (unpaired) electrons. The van der Waals surface area contributed by atoms with Crippen molar-refractivity contribution in [1.82, 2.24) is 14.9 Å². The average Bonchev–Trinajstić information content (AvgIpc) is 3.07. The minimum absolute atomic E-state index is 0.121. The topological polar surface area (TPSA) is 97.4 Å². The number of nitrogens with one attached hydrogen (secondary N) is 1. The number of amides is 1. The summed E-state index contributed by atoms with van der Waals surface area (Å²) in [6, 6.07) is 16.0. The Bertz CT molecular complexity index is 1270. The number of aryl methyl sites for hydroxylation is 1. The molecule has 2 N–H and O–H groups in total. The summed E-state index contributed by atoms with van der Waals surface area (Å²) in [6.07, 6.45) is 1.07. The molecule has 7 nitrogen and oxygen atoms in total. The second-order valence-corrected chi connectivity index (χ2v) is 7.22. The van der Waals surface area contributed by atoms with Crippen LogP contribution in [-0.4, -0.2) is 33.2 Å². The van der Waals surface area contributed by atoms with Crippen LogP contribution in [0.1, 0.15) is 22.8 Å². The Morgan fingerprint density at radius 3 is 2.73 bits per heavy atom. The van der Waals surface area contributed by atoms with Crippen LogP contribution in [0, 0.1) is 6.92 Å². The van der Waals surface area contributed by atoms with Crippen molar-refractivity contribution in [2.24, 2.45) is 0 Å². The molecule has 4 rings (SSSR count). The number of para-hydroxylation sites is 2. The van der Waals surface area contributed by atoms with Gasteiger partial charge >= 0.3 is 5.76 Å². The SMILES string of the molecule is Cc1ccc(-c2cc(C(=O)NCC(C)O)cc(-n3c(=O)oc4ccccc43)c2)nc1. The van der Waals surface area contributed by atoms with Gasteiger partial charge in [-0.05, 0) is 55.8 Å². The van der Waals surface area contributed by atoms with Gasteiger partial charge in [-0.15, -0.1) is 0 Å². The van der Waals surface area contributed by atoms with Crippen LogP contribution in [0.4, 0.5) is 0 Å². The lowest BCUT2D eigenvalue weighted by Crippen LogP contribution is -2.30. The van der Waals surface area contributed by atoms with Crippen molar-refractivity contribution < 1.29 is 14.3 Å². The Labute approximate surface area is 172 Å². The van der Waals surface area contributed by atoms with Crippen LogP contribution in [0.25, 0.3) is 28.0 Å². The molecule has 7 heteroatoms. The standard InChI is InChI=1S/C23H21N3O4/c1-14-7-8-19(24-12-14)16-9-17(22(28)25-13-15(2)27)11-18(10-16)26-20-5-3-4-6-21(20)30-23(26)29/h3-12,15,27H,13H2,1-2H3,(H,25,28). The summed E-state index contributed by atoms with van der Waals surface area (Å²) in [7, 11) is 0. The van der Waals surface area contributed by atoms with Gasteiger partial charge < -0.3 is 14.8 Å². The molecule has 30 heavy (non-hydrogen) atoms. The van der Waals surface area contributed by atoms with E-state index >= 15 is 0 Å². The lowest BCUT2D eigenvalue weighted by molar-refractivity contribution is 0.0924. The first-order valence-corrected chi connectivity index (χ1v) is 9.58. The van der Waals surface area contributed by atoms with Crippen LogP contribution < -0.4 is 11.1 Å². The fourth-order valence-electron chi connectivity index (χ4n) is 3.21. The van der Waals surface area contributed by atoms with Gasteiger partial charge in [0.2, 0.25) is 0 Å². The molecule has 0 fully saturated rings. The molecule has 152 valence electrons. The van der Waals surface area contributed by atoms with Gasteiger partial charge in [0.15, 0.2) is 5.58 Å². The number of carbonyl (C=O) groups is 1. The molecular weight excluding hydrogens is 382 g/mol. The van der Waals surface area contributed by atoms with Crippen molar-refractivity contribution in [3.63, 3.8) is 0 Å². The lowest BCUT2D eigenvalue weighted by atomic mass is 10.0. The smallest absolute Gasteiger partial charge is 0.407 e. The third-order valence-electron chi connectivity index (χ3n) is 4.69. The summed E-state index contributed by atoms with van der Waals surface area (Å²) < 4.78 is 6.78. The van der Waals surface area contributed by atoms with Gasteiger partial charge in [0, 0.05) is 23.9 Å². The van der Waals surface area contributed by atoms with Crippen LogP contribution in [0.15, 0.2) is 70.0 Å². The third-order valence-corrected chi connectivity index (χ3v) is 4.69. The minimum atomic E-state index is -0.671. The van der Waals surface area contributed by atoms with Gasteiger partial charge in [-0.25, -0.2) is 9.36 Å². The number of hydrogen-bond acceptors (Lipinski definition) is 5. The Hall–Kier alpha value is -3.71. The molecule has 0 aliphatic carbocycles. The molecular formula is C23H21N3O4. The fourth-order valence-corrected chi connectivity index (χ4v) is 3.21. The number of rotatable bonds is 5. The summed E-state index contributed by atoms with van der Waals surface area (Å²) >= 11 is 0. The number of aromatic nitrogens is 2. The van der Waals surface area contributed by atoms with Gasteiger partial charge in [-0.2, -0.15) is 0 Å². The molecule has 2 heterocycles. The highest BCUT2D eigenvalue weighted by molar-refractivity contribution is 5.96. The lowest BCUT2D eigenvalue weighted by Gasteiger charge is -2.12. The number of pyridine rings is 1. The number of fused-ring (bicyclic) bond motifs is 1. The van der Waals surface area contributed by atoms with Crippen LogP contribution in [-0.2, 0) is 0 Å². The second kappa shape index (κ2) is 7.96. The van der Waals surface area contributed by atoms with E-state index in [0.29, 0.717) is 33.6 Å². The summed E-state index contributed by atoms with van der Waals surface area (Å²) in [4.78, 5) is 29.7. The third kappa shape index (κ3) is 3.88. The summed E-state index contributed by atoms with van der Waals surface area (Å²) in [6.45, 7) is 3.66. The number of hydrogen-bond donors (Lipinski definition) is 2. The van der Waals surface area contributed by atoms with E-state index in [2.05, 4.69) is 10.3 Å². The molecule has 1 unspecified atom stereocenters. The number of aliphatic hydroxyl groups excluding tert-OH is 1. The number of nitrogens with zero attached hydrogens (tertiary/aromatic N) is 2. The first-order chi connectivity index (χ1) is 14.4. The number of benzene rings is 2. The average molecular weight is 403 g/mol. The first-order valence-electron chi connectivity index (χ1n) is 9.58. The van der Waals surface area contributed by atoms with Crippen LogP contribution >= 0.6 is 0 Å². The molecule has 0 bridgehead atoms. The highest BCUT2D eigenvalue weighted by Crippen LogP contribution is 2.25. The van der Waals surface area contributed by atoms with E-state index < -0.39 is 11.9 Å². The van der Waals surface area contributed by atoms with Gasteiger partial charge in [0.05, 0.1) is 23.0 Å². The van der Waals surface area contributed by atoms with Gasteiger partial charge in [0.25, 0.3) is 5.91 Å². The Balaban J connectivity index is 1.89. The molecule has 0 saturated heterocycles. The first kappa shape index (κ1) is 19.6. The van der Waals surface area contributed by atoms with Crippen molar-refractivity contribution >= 4 is 17.0 Å². The van der Waals surface area contributed by atoms with Gasteiger partial charge in [-0.3, -0.25) is 9.78 Å². The predicted molar refractivity (Wildman–Crippen MR) is 114 cm³/mol. The van der Waals surface area contributed by atoms with E-state index in [4.69, 9.17) is 4.42 Å².